The Kier molecular flexibility index (Phi) is 7.39. The van der Waals surface area contributed by atoms with Crippen LogP contribution in [0.2, 0.25) is 0 Å². The van der Waals surface area contributed by atoms with Crippen molar-refractivity contribution >= 4 is 22.5 Å². The van der Waals surface area contributed by atoms with Crippen molar-refractivity contribution in [2.75, 3.05) is 25.2 Å². The molecular weight excluding hydrogens is 286 g/mol. The zero-order valence-electron chi connectivity index (χ0n) is 13.1. The van der Waals surface area contributed by atoms with Crippen molar-refractivity contribution in [3.63, 3.8) is 0 Å². The number of amides is 2. The van der Waals surface area contributed by atoms with Crippen molar-refractivity contribution in [2.45, 2.75) is 31.6 Å². The Morgan fingerprint density at radius 1 is 1.33 bits per heavy atom. The summed E-state index contributed by atoms with van der Waals surface area (Å²) in [6.07, 6.45) is 2.38. The molecule has 0 aromatic heterocycles. The second-order valence-corrected chi connectivity index (χ2v) is 6.92. The third-order valence-electron chi connectivity index (χ3n) is 3.48. The first-order valence-electron chi connectivity index (χ1n) is 7.08. The van der Waals surface area contributed by atoms with Crippen LogP contribution >= 0.6 is 0 Å². The SMILES string of the molecule is CNC(C)c1cccc(NC(=O)NCCC(C)S(C)=O)c1. The lowest BCUT2D eigenvalue weighted by atomic mass is 10.1. The van der Waals surface area contributed by atoms with Crippen molar-refractivity contribution in [2.24, 2.45) is 0 Å². The minimum Gasteiger partial charge on any atom is -0.338 e. The summed E-state index contributed by atoms with van der Waals surface area (Å²) < 4.78 is 11.2. The summed E-state index contributed by atoms with van der Waals surface area (Å²) in [5, 5.41) is 8.84. The molecule has 118 valence electrons. The lowest BCUT2D eigenvalue weighted by molar-refractivity contribution is 0.252. The maximum atomic E-state index is 11.8. The largest absolute Gasteiger partial charge is 0.338 e. The second-order valence-electron chi connectivity index (χ2n) is 5.11. The zero-order chi connectivity index (χ0) is 15.8. The van der Waals surface area contributed by atoms with Crippen LogP contribution in [0.4, 0.5) is 10.5 Å². The van der Waals surface area contributed by atoms with E-state index in [0.29, 0.717) is 13.0 Å². The van der Waals surface area contributed by atoms with Crippen molar-refractivity contribution in [3.8, 4) is 0 Å². The molecule has 3 unspecified atom stereocenters. The smallest absolute Gasteiger partial charge is 0.319 e. The van der Waals surface area contributed by atoms with Crippen LogP contribution < -0.4 is 16.0 Å². The molecule has 0 fully saturated rings. The normalized spacial score (nSPS) is 15.0. The van der Waals surface area contributed by atoms with E-state index in [0.717, 1.165) is 11.3 Å². The first-order valence-corrected chi connectivity index (χ1v) is 8.70. The van der Waals surface area contributed by atoms with Crippen LogP contribution in [0, 0.1) is 0 Å². The average Bonchev–Trinajstić information content (AvgIpc) is 2.46. The van der Waals surface area contributed by atoms with Gasteiger partial charge in [-0.25, -0.2) is 4.79 Å². The first-order chi connectivity index (χ1) is 9.93. The highest BCUT2D eigenvalue weighted by molar-refractivity contribution is 7.84. The van der Waals surface area contributed by atoms with Gasteiger partial charge in [0.15, 0.2) is 0 Å². The highest BCUT2D eigenvalue weighted by atomic mass is 32.2. The quantitative estimate of drug-likeness (QED) is 0.723. The molecule has 21 heavy (non-hydrogen) atoms. The Hall–Kier alpha value is -1.40. The number of rotatable bonds is 7. The second kappa shape index (κ2) is 8.79. The monoisotopic (exact) mass is 311 g/mol. The lowest BCUT2D eigenvalue weighted by Crippen LogP contribution is -2.31. The van der Waals surface area contributed by atoms with Gasteiger partial charge in [-0.3, -0.25) is 4.21 Å². The molecule has 2 amide bonds. The van der Waals surface area contributed by atoms with Gasteiger partial charge >= 0.3 is 6.03 Å². The molecule has 0 aliphatic heterocycles. The molecule has 1 rings (SSSR count). The number of benzene rings is 1. The minimum absolute atomic E-state index is 0.0881. The third-order valence-corrected chi connectivity index (χ3v) is 4.85. The van der Waals surface area contributed by atoms with Crippen molar-refractivity contribution in [1.82, 2.24) is 10.6 Å². The Morgan fingerprint density at radius 3 is 2.67 bits per heavy atom. The number of carbonyl (C=O) groups is 1. The highest BCUT2D eigenvalue weighted by Gasteiger charge is 2.08. The minimum atomic E-state index is -0.851. The van der Waals surface area contributed by atoms with E-state index in [2.05, 4.69) is 22.9 Å². The molecule has 6 heteroatoms. The van der Waals surface area contributed by atoms with Crippen LogP contribution in [-0.2, 0) is 10.8 Å². The van der Waals surface area contributed by atoms with Crippen LogP contribution in [0.1, 0.15) is 31.9 Å². The number of anilines is 1. The van der Waals surface area contributed by atoms with Gasteiger partial charge in [0.05, 0.1) is 0 Å². The van der Waals surface area contributed by atoms with Crippen molar-refractivity contribution < 1.29 is 9.00 Å². The maximum absolute atomic E-state index is 11.8. The van der Waals surface area contributed by atoms with Crippen LogP contribution in [0.3, 0.4) is 0 Å². The van der Waals surface area contributed by atoms with Crippen LogP contribution in [0.15, 0.2) is 24.3 Å². The molecule has 0 spiro atoms. The van der Waals surface area contributed by atoms with Gasteiger partial charge in [-0.2, -0.15) is 0 Å². The van der Waals surface area contributed by atoms with Gasteiger partial charge in [0.2, 0.25) is 0 Å². The zero-order valence-corrected chi connectivity index (χ0v) is 13.9. The number of hydrogen-bond acceptors (Lipinski definition) is 3. The number of hydrogen-bond donors (Lipinski definition) is 3. The van der Waals surface area contributed by atoms with Gasteiger partial charge in [0, 0.05) is 40.6 Å². The molecule has 0 aliphatic carbocycles. The van der Waals surface area contributed by atoms with Gasteiger partial charge in [-0.05, 0) is 38.1 Å². The predicted molar refractivity (Wildman–Crippen MR) is 89.1 cm³/mol. The first kappa shape index (κ1) is 17.7. The van der Waals surface area contributed by atoms with Crippen LogP contribution in [0.25, 0.3) is 0 Å². The molecular formula is C15H25N3O2S. The van der Waals surface area contributed by atoms with E-state index >= 15 is 0 Å². The van der Waals surface area contributed by atoms with Crippen LogP contribution in [-0.4, -0.2) is 35.3 Å². The molecule has 0 heterocycles. The number of nitrogens with one attached hydrogen (secondary N) is 3. The summed E-state index contributed by atoms with van der Waals surface area (Å²) in [4.78, 5) is 11.8. The standard InChI is InChI=1S/C15H25N3O2S/c1-11(21(4)20)8-9-17-15(19)18-14-7-5-6-13(10-14)12(2)16-3/h5-7,10-12,16H,8-9H2,1-4H3,(H2,17,18,19). The summed E-state index contributed by atoms with van der Waals surface area (Å²) >= 11 is 0. The molecule has 0 saturated heterocycles. The fraction of sp³-hybridized carbons (Fsp3) is 0.533. The fourth-order valence-corrected chi connectivity index (χ4v) is 2.23. The van der Waals surface area contributed by atoms with E-state index in [9.17, 15) is 9.00 Å². The molecule has 1 aromatic rings. The van der Waals surface area contributed by atoms with Crippen LogP contribution in [0.5, 0.6) is 0 Å². The lowest BCUT2D eigenvalue weighted by Gasteiger charge is -2.13. The van der Waals surface area contributed by atoms with Gasteiger partial charge in [-0.15, -0.1) is 0 Å². The third kappa shape index (κ3) is 6.27. The number of urea groups is 1. The van der Waals surface area contributed by atoms with Gasteiger partial charge in [0.1, 0.15) is 0 Å². The maximum Gasteiger partial charge on any atom is 0.319 e. The molecule has 0 aliphatic rings. The van der Waals surface area contributed by atoms with E-state index in [1.165, 1.54) is 0 Å². The van der Waals surface area contributed by atoms with E-state index in [1.807, 2.05) is 38.2 Å². The van der Waals surface area contributed by atoms with Gasteiger partial charge in [0.25, 0.3) is 0 Å². The van der Waals surface area contributed by atoms with Gasteiger partial charge < -0.3 is 16.0 Å². The molecule has 3 atom stereocenters. The Balaban J connectivity index is 2.46. The van der Waals surface area contributed by atoms with E-state index < -0.39 is 10.8 Å². The molecule has 0 radical (unpaired) electrons. The summed E-state index contributed by atoms with van der Waals surface area (Å²) in [7, 11) is 1.05. The van der Waals surface area contributed by atoms with Crippen molar-refractivity contribution in [3.05, 3.63) is 29.8 Å². The number of carbonyl (C=O) groups excluding carboxylic acids is 1. The molecule has 3 N–H and O–H groups in total. The van der Waals surface area contributed by atoms with Gasteiger partial charge in [-0.1, -0.05) is 19.1 Å². The molecule has 5 nitrogen and oxygen atoms in total. The molecule has 1 aromatic carbocycles. The molecule has 0 bridgehead atoms. The Morgan fingerprint density at radius 2 is 2.05 bits per heavy atom. The Bertz CT molecular complexity index is 494. The van der Waals surface area contributed by atoms with E-state index in [1.54, 1.807) is 6.26 Å². The highest BCUT2D eigenvalue weighted by Crippen LogP contribution is 2.16. The fourth-order valence-electron chi connectivity index (χ4n) is 1.78. The predicted octanol–water partition coefficient (Wildman–Crippen LogP) is 2.25. The summed E-state index contributed by atoms with van der Waals surface area (Å²) in [5.74, 6) is 0. The van der Waals surface area contributed by atoms with E-state index in [4.69, 9.17) is 0 Å². The Labute approximate surface area is 129 Å². The van der Waals surface area contributed by atoms with Crippen molar-refractivity contribution in [1.29, 1.82) is 0 Å². The average molecular weight is 311 g/mol. The molecule has 0 saturated carbocycles. The summed E-state index contributed by atoms with van der Waals surface area (Å²) in [5.41, 5.74) is 1.88. The summed E-state index contributed by atoms with van der Waals surface area (Å²) in [6, 6.07) is 7.73. The topological polar surface area (TPSA) is 70.2 Å². The van der Waals surface area contributed by atoms with E-state index in [-0.39, 0.29) is 17.3 Å². The summed E-state index contributed by atoms with van der Waals surface area (Å²) in [6.45, 7) is 4.49.